The average Bonchev–Trinajstić information content (AvgIpc) is 3.02. The molecule has 1 saturated heterocycles. The molecule has 0 aliphatic carbocycles. The van der Waals surface area contributed by atoms with Gasteiger partial charge in [-0.2, -0.15) is 0 Å². The zero-order valence-corrected chi connectivity index (χ0v) is 16.9. The van der Waals surface area contributed by atoms with E-state index in [0.717, 1.165) is 36.8 Å². The van der Waals surface area contributed by atoms with Crippen LogP contribution >= 0.6 is 11.8 Å². The predicted octanol–water partition coefficient (Wildman–Crippen LogP) is 0.395. The molecule has 1 N–H and O–H groups in total. The molecular weight excluding hydrogens is 350 g/mol. The Bertz CT molecular complexity index is 876. The largest absolute Gasteiger partial charge is 0.334 e. The summed E-state index contributed by atoms with van der Waals surface area (Å²) in [5.74, 6) is 0.985. The maximum atomic E-state index is 12.7. The van der Waals surface area contributed by atoms with E-state index in [4.69, 9.17) is 0 Å². The highest BCUT2D eigenvalue weighted by molar-refractivity contribution is 7.99. The Balaban J connectivity index is 1.90. The first-order valence-electron chi connectivity index (χ1n) is 9.67. The van der Waals surface area contributed by atoms with E-state index in [1.165, 1.54) is 48.5 Å². The van der Waals surface area contributed by atoms with Gasteiger partial charge in [0.05, 0.1) is 25.4 Å². The molecule has 7 nitrogen and oxygen atoms in total. The summed E-state index contributed by atoms with van der Waals surface area (Å²) in [5, 5.41) is 0.864. The van der Waals surface area contributed by atoms with Crippen LogP contribution in [-0.2, 0) is 20.6 Å². The molecule has 0 amide bonds. The molecule has 26 heavy (non-hydrogen) atoms. The van der Waals surface area contributed by atoms with E-state index in [0.29, 0.717) is 11.2 Å². The zero-order chi connectivity index (χ0) is 18.7. The number of hydrogen-bond acceptors (Lipinski definition) is 4. The second kappa shape index (κ2) is 8.43. The third kappa shape index (κ3) is 3.76. The molecule has 8 heteroatoms. The zero-order valence-electron chi connectivity index (χ0n) is 16.1. The summed E-state index contributed by atoms with van der Waals surface area (Å²) in [6.45, 7) is 6.56. The van der Waals surface area contributed by atoms with Crippen LogP contribution in [0, 0.1) is 0 Å². The SMILES string of the molecule is CCCCn1c(SCC[NH+]2CCCCC2)nc2c1c(=O)n(C)c(=O)n2C. The first-order valence-corrected chi connectivity index (χ1v) is 10.7. The number of hydrogen-bond donors (Lipinski definition) is 1. The highest BCUT2D eigenvalue weighted by atomic mass is 32.2. The van der Waals surface area contributed by atoms with E-state index in [9.17, 15) is 9.59 Å². The Morgan fingerprint density at radius 3 is 2.54 bits per heavy atom. The molecule has 0 radical (unpaired) electrons. The Kier molecular flexibility index (Phi) is 6.24. The average molecular weight is 381 g/mol. The van der Waals surface area contributed by atoms with Gasteiger partial charge < -0.3 is 9.47 Å². The van der Waals surface area contributed by atoms with Gasteiger partial charge in [0.2, 0.25) is 0 Å². The lowest BCUT2D eigenvalue weighted by atomic mass is 10.1. The lowest BCUT2D eigenvalue weighted by Crippen LogP contribution is -3.13. The number of likely N-dealkylation sites (tertiary alicyclic amines) is 1. The van der Waals surface area contributed by atoms with E-state index < -0.39 is 0 Å². The smallest absolute Gasteiger partial charge is 0.332 e. The molecule has 0 saturated carbocycles. The van der Waals surface area contributed by atoms with Crippen molar-refractivity contribution in [1.29, 1.82) is 0 Å². The van der Waals surface area contributed by atoms with Crippen LogP contribution in [-0.4, -0.2) is 44.1 Å². The fourth-order valence-electron chi connectivity index (χ4n) is 3.65. The summed E-state index contributed by atoms with van der Waals surface area (Å²) >= 11 is 1.71. The molecule has 1 fully saturated rings. The van der Waals surface area contributed by atoms with Crippen LogP contribution < -0.4 is 16.1 Å². The number of unbranched alkanes of at least 4 members (excludes halogenated alkanes) is 1. The molecule has 0 bridgehead atoms. The van der Waals surface area contributed by atoms with Gasteiger partial charge in [0.15, 0.2) is 16.3 Å². The number of nitrogens with zero attached hydrogens (tertiary/aromatic N) is 4. The minimum Gasteiger partial charge on any atom is -0.334 e. The van der Waals surface area contributed by atoms with Crippen molar-refractivity contribution in [3.63, 3.8) is 0 Å². The van der Waals surface area contributed by atoms with Crippen molar-refractivity contribution in [2.75, 3.05) is 25.4 Å². The van der Waals surface area contributed by atoms with Crippen molar-refractivity contribution < 1.29 is 4.90 Å². The topological polar surface area (TPSA) is 66.3 Å². The third-order valence-electron chi connectivity index (χ3n) is 5.30. The number of rotatable bonds is 7. The number of quaternary nitrogens is 1. The third-order valence-corrected chi connectivity index (χ3v) is 6.27. The lowest BCUT2D eigenvalue weighted by molar-refractivity contribution is -0.902. The van der Waals surface area contributed by atoms with Crippen molar-refractivity contribution >= 4 is 22.9 Å². The van der Waals surface area contributed by atoms with Gasteiger partial charge in [-0.15, -0.1) is 0 Å². The van der Waals surface area contributed by atoms with Crippen molar-refractivity contribution in [1.82, 2.24) is 18.7 Å². The summed E-state index contributed by atoms with van der Waals surface area (Å²) in [6, 6.07) is 0. The Hall–Kier alpha value is -1.54. The molecule has 3 heterocycles. The molecule has 1 aliphatic rings. The number of imidazole rings is 1. The van der Waals surface area contributed by atoms with E-state index in [1.54, 1.807) is 23.7 Å². The molecule has 0 spiro atoms. The van der Waals surface area contributed by atoms with Gasteiger partial charge in [-0.3, -0.25) is 13.9 Å². The summed E-state index contributed by atoms with van der Waals surface area (Å²) in [4.78, 5) is 31.3. The predicted molar refractivity (Wildman–Crippen MR) is 105 cm³/mol. The quantitative estimate of drug-likeness (QED) is 0.706. The molecule has 1 aliphatic heterocycles. The number of piperidine rings is 1. The van der Waals surface area contributed by atoms with E-state index in [1.807, 2.05) is 4.57 Å². The maximum absolute atomic E-state index is 12.7. The van der Waals surface area contributed by atoms with Crippen LogP contribution in [0.3, 0.4) is 0 Å². The van der Waals surface area contributed by atoms with Gasteiger partial charge in [0.25, 0.3) is 5.56 Å². The van der Waals surface area contributed by atoms with Crippen molar-refractivity contribution in [3.05, 3.63) is 20.8 Å². The molecular formula is C18H30N5O2S+. The molecule has 2 aromatic heterocycles. The standard InChI is InChI=1S/C18H29N5O2S/c1-4-5-11-23-14-15(20(2)18(25)21(3)16(14)24)19-17(23)26-13-12-22-9-7-6-8-10-22/h4-13H2,1-3H3/p+1. The van der Waals surface area contributed by atoms with Gasteiger partial charge in [0, 0.05) is 20.6 Å². The van der Waals surface area contributed by atoms with Crippen LogP contribution in [0.2, 0.25) is 0 Å². The number of nitrogens with one attached hydrogen (secondary N) is 1. The van der Waals surface area contributed by atoms with Gasteiger partial charge in [-0.25, -0.2) is 9.78 Å². The van der Waals surface area contributed by atoms with Gasteiger partial charge in [-0.05, 0) is 25.7 Å². The first kappa shape index (κ1) is 19.2. The molecule has 2 aromatic rings. The highest BCUT2D eigenvalue weighted by Crippen LogP contribution is 2.21. The maximum Gasteiger partial charge on any atom is 0.332 e. The number of thioether (sulfide) groups is 1. The summed E-state index contributed by atoms with van der Waals surface area (Å²) in [5.41, 5.74) is 0.482. The Morgan fingerprint density at radius 2 is 1.85 bits per heavy atom. The normalized spacial score (nSPS) is 15.8. The summed E-state index contributed by atoms with van der Waals surface area (Å²) in [7, 11) is 3.22. The first-order chi connectivity index (χ1) is 12.5. The van der Waals surface area contributed by atoms with Gasteiger partial charge in [-0.1, -0.05) is 25.1 Å². The fourth-order valence-corrected chi connectivity index (χ4v) is 4.71. The molecule has 3 rings (SSSR count). The van der Waals surface area contributed by atoms with Gasteiger partial charge >= 0.3 is 5.69 Å². The minimum atomic E-state index is -0.322. The van der Waals surface area contributed by atoms with Crippen molar-refractivity contribution in [3.8, 4) is 0 Å². The monoisotopic (exact) mass is 380 g/mol. The second-order valence-corrected chi connectivity index (χ2v) is 8.25. The fraction of sp³-hybridized carbons (Fsp3) is 0.722. The highest BCUT2D eigenvalue weighted by Gasteiger charge is 2.20. The van der Waals surface area contributed by atoms with Crippen LogP contribution in [0.1, 0.15) is 39.0 Å². The molecule has 144 valence electrons. The number of aromatic nitrogens is 4. The summed E-state index contributed by atoms with van der Waals surface area (Å²) in [6.07, 6.45) is 6.05. The minimum absolute atomic E-state index is 0.250. The molecule has 0 atom stereocenters. The van der Waals surface area contributed by atoms with Crippen LogP contribution in [0.5, 0.6) is 0 Å². The second-order valence-electron chi connectivity index (χ2n) is 7.19. The number of aryl methyl sites for hydroxylation is 2. The van der Waals surface area contributed by atoms with Gasteiger partial charge in [0.1, 0.15) is 0 Å². The summed E-state index contributed by atoms with van der Waals surface area (Å²) < 4.78 is 4.69. The van der Waals surface area contributed by atoms with Crippen molar-refractivity contribution in [2.24, 2.45) is 14.1 Å². The number of fused-ring (bicyclic) bond motifs is 1. The Morgan fingerprint density at radius 1 is 1.12 bits per heavy atom. The molecule has 0 aromatic carbocycles. The lowest BCUT2D eigenvalue weighted by Gasteiger charge is -2.23. The van der Waals surface area contributed by atoms with Crippen molar-refractivity contribution in [2.45, 2.75) is 50.7 Å². The molecule has 0 unspecified atom stereocenters. The van der Waals surface area contributed by atoms with E-state index >= 15 is 0 Å². The van der Waals surface area contributed by atoms with E-state index in [2.05, 4.69) is 11.9 Å². The van der Waals surface area contributed by atoms with Crippen LogP contribution in [0.15, 0.2) is 14.7 Å². The van der Waals surface area contributed by atoms with Crippen LogP contribution in [0.4, 0.5) is 0 Å². The Labute approximate surface area is 158 Å². The van der Waals surface area contributed by atoms with E-state index in [-0.39, 0.29) is 11.2 Å². The van der Waals surface area contributed by atoms with Crippen LogP contribution in [0.25, 0.3) is 11.2 Å².